The molecule has 2 unspecified atom stereocenters. The van der Waals surface area contributed by atoms with Crippen LogP contribution in [-0.4, -0.2) is 49.6 Å². The van der Waals surface area contributed by atoms with Gasteiger partial charge in [-0.15, -0.1) is 0 Å². The van der Waals surface area contributed by atoms with Gasteiger partial charge >= 0.3 is 30.3 Å². The van der Waals surface area contributed by atoms with Crippen LogP contribution < -0.4 is 0 Å². The zero-order chi connectivity index (χ0) is 20.1. The number of alkyl halides is 9. The van der Waals surface area contributed by atoms with Gasteiger partial charge in [-0.05, 0) is 6.42 Å². The zero-order valence-electron chi connectivity index (χ0n) is 12.9. The number of carbonyl (C=O) groups is 1. The average molecular weight is 410 g/mol. The Balaban J connectivity index is 0. The lowest BCUT2D eigenvalue weighted by atomic mass is 10.3. The monoisotopic (exact) mass is 410 g/mol. The van der Waals surface area contributed by atoms with Gasteiger partial charge in [-0.25, -0.2) is 4.79 Å². The van der Waals surface area contributed by atoms with Gasteiger partial charge < -0.3 is 14.2 Å². The van der Waals surface area contributed by atoms with E-state index >= 15 is 0 Å². The fourth-order valence-electron chi connectivity index (χ4n) is 1.22. The molecule has 0 N–H and O–H groups in total. The summed E-state index contributed by atoms with van der Waals surface area (Å²) in [4.78, 5) is 11.2. The molecule has 0 radical (unpaired) electrons. The first-order valence-electron chi connectivity index (χ1n) is 6.80. The second kappa shape index (κ2) is 9.62. The van der Waals surface area contributed by atoms with E-state index in [4.69, 9.17) is 0 Å². The summed E-state index contributed by atoms with van der Waals surface area (Å²) in [7, 11) is 0. The maximum Gasteiger partial charge on any atom is 0.460 e. The molecule has 0 aliphatic carbocycles. The van der Waals surface area contributed by atoms with Crippen molar-refractivity contribution in [3.05, 3.63) is 0 Å². The van der Waals surface area contributed by atoms with E-state index in [1.165, 1.54) is 6.92 Å². The standard InChI is InChI=1S/C12H15F9O4.CH4/c1-3-5-23-8(22)10(15,12(19,20)21)24-6-7(11(16,17)18)25-9(13,14)4-2;/h7H,3-6H2,1-2H3;1H4. The van der Waals surface area contributed by atoms with Crippen molar-refractivity contribution in [2.75, 3.05) is 13.2 Å². The molecule has 0 heterocycles. The number of esters is 1. The van der Waals surface area contributed by atoms with Crippen LogP contribution in [-0.2, 0) is 19.0 Å². The number of carbonyl (C=O) groups excluding carboxylic acids is 1. The number of hydrogen-bond donors (Lipinski definition) is 0. The van der Waals surface area contributed by atoms with Gasteiger partial charge in [0.05, 0.1) is 13.2 Å². The van der Waals surface area contributed by atoms with Gasteiger partial charge in [0.15, 0.2) is 6.10 Å². The van der Waals surface area contributed by atoms with E-state index in [9.17, 15) is 44.3 Å². The molecule has 0 amide bonds. The summed E-state index contributed by atoms with van der Waals surface area (Å²) in [5, 5.41) is 0. The van der Waals surface area contributed by atoms with Crippen LogP contribution >= 0.6 is 0 Å². The lowest BCUT2D eigenvalue weighted by Gasteiger charge is -2.30. The lowest BCUT2D eigenvalue weighted by molar-refractivity contribution is -0.363. The fraction of sp³-hybridized carbons (Fsp3) is 0.923. The minimum atomic E-state index is -6.11. The molecule has 0 saturated heterocycles. The van der Waals surface area contributed by atoms with Crippen molar-refractivity contribution >= 4 is 5.97 Å². The van der Waals surface area contributed by atoms with Crippen LogP contribution in [0.3, 0.4) is 0 Å². The van der Waals surface area contributed by atoms with Crippen molar-refractivity contribution in [3.8, 4) is 0 Å². The molecule has 0 bridgehead atoms. The van der Waals surface area contributed by atoms with Crippen LogP contribution in [0.5, 0.6) is 0 Å². The quantitative estimate of drug-likeness (QED) is 0.406. The molecular weight excluding hydrogens is 391 g/mol. The molecule has 0 spiro atoms. The van der Waals surface area contributed by atoms with E-state index in [2.05, 4.69) is 14.2 Å². The predicted molar refractivity (Wildman–Crippen MR) is 70.0 cm³/mol. The maximum atomic E-state index is 13.8. The Labute approximate surface area is 143 Å². The molecule has 4 nitrogen and oxygen atoms in total. The Morgan fingerprint density at radius 2 is 1.46 bits per heavy atom. The third kappa shape index (κ3) is 7.56. The normalized spacial score (nSPS) is 16.4. The Morgan fingerprint density at radius 1 is 0.962 bits per heavy atom. The Kier molecular flexibility index (Phi) is 9.99. The maximum absolute atomic E-state index is 13.8. The molecule has 0 fully saturated rings. The summed E-state index contributed by atoms with van der Waals surface area (Å²) in [6, 6.07) is 0. The van der Waals surface area contributed by atoms with E-state index in [1.54, 1.807) is 0 Å². The molecule has 26 heavy (non-hydrogen) atoms. The Hall–Kier alpha value is -1.24. The second-order valence-corrected chi connectivity index (χ2v) is 4.68. The topological polar surface area (TPSA) is 44.8 Å². The van der Waals surface area contributed by atoms with Gasteiger partial charge in [0, 0.05) is 6.42 Å². The number of ether oxygens (including phenoxy) is 3. The fourth-order valence-corrected chi connectivity index (χ4v) is 1.22. The van der Waals surface area contributed by atoms with Crippen molar-refractivity contribution in [3.63, 3.8) is 0 Å². The van der Waals surface area contributed by atoms with Crippen molar-refractivity contribution in [2.24, 2.45) is 0 Å². The molecule has 0 aliphatic rings. The van der Waals surface area contributed by atoms with E-state index in [0.717, 1.165) is 6.92 Å². The highest BCUT2D eigenvalue weighted by Gasteiger charge is 2.66. The third-order valence-corrected chi connectivity index (χ3v) is 2.59. The van der Waals surface area contributed by atoms with Crippen molar-refractivity contribution in [1.29, 1.82) is 0 Å². The first kappa shape index (κ1) is 27.0. The predicted octanol–water partition coefficient (Wildman–Crippen LogP) is 4.77. The van der Waals surface area contributed by atoms with Gasteiger partial charge in [-0.2, -0.15) is 39.5 Å². The molecule has 0 aromatic rings. The molecule has 0 aromatic carbocycles. The van der Waals surface area contributed by atoms with Gasteiger partial charge in [0.2, 0.25) is 0 Å². The van der Waals surface area contributed by atoms with Gasteiger partial charge in [0.25, 0.3) is 0 Å². The van der Waals surface area contributed by atoms with E-state index in [-0.39, 0.29) is 13.8 Å². The first-order valence-corrected chi connectivity index (χ1v) is 6.80. The summed E-state index contributed by atoms with van der Waals surface area (Å²) in [6.45, 7) is -0.930. The molecule has 0 saturated carbocycles. The smallest absolute Gasteiger partial charge is 0.460 e. The molecule has 0 aliphatic heterocycles. The van der Waals surface area contributed by atoms with Crippen molar-refractivity contribution in [2.45, 2.75) is 64.5 Å². The second-order valence-electron chi connectivity index (χ2n) is 4.68. The van der Waals surface area contributed by atoms with Crippen molar-refractivity contribution < 1.29 is 58.5 Å². The SMILES string of the molecule is C.CCCOC(=O)C(F)(OCC(OC(F)(F)CC)C(F)(F)F)C(F)(F)F. The van der Waals surface area contributed by atoms with Crippen LogP contribution in [0.1, 0.15) is 34.1 Å². The van der Waals surface area contributed by atoms with E-state index in [0.29, 0.717) is 0 Å². The number of hydrogen-bond acceptors (Lipinski definition) is 4. The largest absolute Gasteiger partial charge is 0.461 e. The van der Waals surface area contributed by atoms with Crippen LogP contribution in [0.15, 0.2) is 0 Å². The highest BCUT2D eigenvalue weighted by molar-refractivity contribution is 5.78. The van der Waals surface area contributed by atoms with Gasteiger partial charge in [-0.1, -0.05) is 21.3 Å². The highest BCUT2D eigenvalue weighted by atomic mass is 19.4. The third-order valence-electron chi connectivity index (χ3n) is 2.59. The van der Waals surface area contributed by atoms with Gasteiger partial charge in [0.1, 0.15) is 0 Å². The van der Waals surface area contributed by atoms with Crippen molar-refractivity contribution in [1.82, 2.24) is 0 Å². The van der Waals surface area contributed by atoms with Gasteiger partial charge in [-0.3, -0.25) is 0 Å². The molecule has 0 rings (SSSR count). The molecule has 2 atom stereocenters. The number of rotatable bonds is 9. The Bertz CT molecular complexity index is 436. The summed E-state index contributed by atoms with van der Waals surface area (Å²) in [5.41, 5.74) is 0. The Morgan fingerprint density at radius 3 is 1.81 bits per heavy atom. The summed E-state index contributed by atoms with van der Waals surface area (Å²) >= 11 is 0. The lowest BCUT2D eigenvalue weighted by Crippen LogP contribution is -2.54. The minimum Gasteiger partial charge on any atom is -0.461 e. The molecular formula is C13H19F9O4. The van der Waals surface area contributed by atoms with Crippen LogP contribution in [0.2, 0.25) is 0 Å². The summed E-state index contributed by atoms with van der Waals surface area (Å²) in [5.74, 6) is -7.92. The highest BCUT2D eigenvalue weighted by Crippen LogP contribution is 2.38. The van der Waals surface area contributed by atoms with E-state index in [1.807, 2.05) is 0 Å². The van der Waals surface area contributed by atoms with Crippen LogP contribution in [0.4, 0.5) is 39.5 Å². The van der Waals surface area contributed by atoms with Crippen LogP contribution in [0, 0.1) is 0 Å². The summed E-state index contributed by atoms with van der Waals surface area (Å²) in [6.07, 6.45) is -20.9. The average Bonchev–Trinajstić information content (AvgIpc) is 2.46. The summed E-state index contributed by atoms with van der Waals surface area (Å²) < 4.78 is 126. The number of halogens is 9. The first-order chi connectivity index (χ1) is 11.1. The molecule has 158 valence electrons. The zero-order valence-corrected chi connectivity index (χ0v) is 12.9. The molecule has 0 aromatic heterocycles. The molecule has 13 heteroatoms. The van der Waals surface area contributed by atoms with Crippen LogP contribution in [0.25, 0.3) is 0 Å². The minimum absolute atomic E-state index is 0. The van der Waals surface area contributed by atoms with E-state index < -0.39 is 56.0 Å².